The lowest BCUT2D eigenvalue weighted by Gasteiger charge is -2.32. The van der Waals surface area contributed by atoms with E-state index in [0.717, 1.165) is 35.4 Å². The topological polar surface area (TPSA) is 96.7 Å². The zero-order valence-corrected chi connectivity index (χ0v) is 19.5. The number of ether oxygens (including phenoxy) is 4. The number of Topliss-reactive ketones (excluding diaryl/α,β-unsaturated/α-hetero) is 1. The Hall–Kier alpha value is -4.01. The maximum atomic E-state index is 13.0. The number of carbonyl (C=O) groups excluding carboxylic acids is 1. The quantitative estimate of drug-likeness (QED) is 0.587. The van der Waals surface area contributed by atoms with Gasteiger partial charge in [-0.25, -0.2) is 4.68 Å². The van der Waals surface area contributed by atoms with Gasteiger partial charge in [0.05, 0.1) is 28.4 Å². The van der Waals surface area contributed by atoms with Crippen molar-refractivity contribution in [2.45, 2.75) is 25.3 Å². The summed E-state index contributed by atoms with van der Waals surface area (Å²) in [7, 11) is 6.32. The van der Waals surface area contributed by atoms with Crippen molar-refractivity contribution in [3.63, 3.8) is 0 Å². The summed E-state index contributed by atoms with van der Waals surface area (Å²) >= 11 is 0. The van der Waals surface area contributed by atoms with Crippen molar-refractivity contribution in [2.24, 2.45) is 0 Å². The van der Waals surface area contributed by atoms with Crippen molar-refractivity contribution >= 4 is 11.7 Å². The van der Waals surface area contributed by atoms with Crippen molar-refractivity contribution in [1.82, 2.24) is 14.8 Å². The molecule has 2 aliphatic rings. The van der Waals surface area contributed by atoms with Gasteiger partial charge in [0.1, 0.15) is 11.8 Å². The van der Waals surface area contributed by atoms with Gasteiger partial charge in [-0.15, -0.1) is 5.10 Å². The van der Waals surface area contributed by atoms with Gasteiger partial charge in [-0.1, -0.05) is 12.1 Å². The number of anilines is 1. The highest BCUT2D eigenvalue weighted by Crippen LogP contribution is 2.43. The molecule has 176 valence electrons. The third-order valence-electron chi connectivity index (χ3n) is 6.22. The first-order chi connectivity index (χ1) is 16.6. The highest BCUT2D eigenvalue weighted by atomic mass is 16.5. The van der Waals surface area contributed by atoms with Gasteiger partial charge in [-0.3, -0.25) is 4.79 Å². The highest BCUT2D eigenvalue weighted by Gasteiger charge is 2.37. The van der Waals surface area contributed by atoms with Crippen LogP contribution < -0.4 is 24.3 Å². The van der Waals surface area contributed by atoms with Crippen LogP contribution >= 0.6 is 0 Å². The third-order valence-corrected chi connectivity index (χ3v) is 6.22. The summed E-state index contributed by atoms with van der Waals surface area (Å²) in [6.07, 6.45) is 2.13. The Labute approximate surface area is 197 Å². The molecule has 34 heavy (non-hydrogen) atoms. The first-order valence-corrected chi connectivity index (χ1v) is 11.0. The number of aromatic nitrogens is 3. The first kappa shape index (κ1) is 21.8. The summed E-state index contributed by atoms with van der Waals surface area (Å²) in [6.45, 7) is 0. The van der Waals surface area contributed by atoms with Gasteiger partial charge in [0.15, 0.2) is 23.1 Å². The second-order valence-electron chi connectivity index (χ2n) is 8.09. The number of hydrogen-bond acceptors (Lipinski definition) is 8. The van der Waals surface area contributed by atoms with Crippen molar-refractivity contribution in [1.29, 1.82) is 0 Å². The van der Waals surface area contributed by atoms with E-state index < -0.39 is 0 Å². The molecular formula is C25H26N4O5. The second-order valence-corrected chi connectivity index (χ2v) is 8.09. The van der Waals surface area contributed by atoms with Crippen molar-refractivity contribution in [2.75, 3.05) is 33.8 Å². The highest BCUT2D eigenvalue weighted by molar-refractivity contribution is 5.99. The number of fused-ring (bicyclic) bond motifs is 1. The van der Waals surface area contributed by atoms with E-state index in [1.807, 2.05) is 36.4 Å². The monoisotopic (exact) mass is 462 g/mol. The van der Waals surface area contributed by atoms with Crippen LogP contribution in [0.25, 0.3) is 11.4 Å². The number of benzene rings is 2. The minimum atomic E-state index is -0.381. The minimum absolute atomic E-state index is 0.130. The largest absolute Gasteiger partial charge is 0.497 e. The van der Waals surface area contributed by atoms with Crippen molar-refractivity contribution in [3.8, 4) is 34.4 Å². The van der Waals surface area contributed by atoms with Crippen LogP contribution in [-0.4, -0.2) is 49.0 Å². The number of carbonyl (C=O) groups is 1. The van der Waals surface area contributed by atoms with Gasteiger partial charge in [0, 0.05) is 23.3 Å². The standard InChI is InChI=1S/C25H26N4O5/c1-31-16-10-8-14(9-11-16)22-21-17(6-5-7-18(21)30)26-25-27-24(28-29(22)25)15-12-19(32-2)23(34-4)20(13-15)33-3/h8-13,22H,5-7H2,1-4H3,(H,26,27,28)/t22-/m0/s1. The van der Waals surface area contributed by atoms with Crippen molar-refractivity contribution < 1.29 is 23.7 Å². The van der Waals surface area contributed by atoms with Crippen LogP contribution in [0.5, 0.6) is 23.0 Å². The average molecular weight is 463 g/mol. The van der Waals surface area contributed by atoms with Crippen LogP contribution in [0.15, 0.2) is 47.7 Å². The molecule has 9 heteroatoms. The van der Waals surface area contributed by atoms with Gasteiger partial charge in [-0.05, 0) is 42.7 Å². The summed E-state index contributed by atoms with van der Waals surface area (Å²) < 4.78 is 23.5. The number of nitrogens with one attached hydrogen (secondary N) is 1. The van der Waals surface area contributed by atoms with E-state index in [2.05, 4.69) is 5.32 Å². The molecule has 0 radical (unpaired) electrons. The molecule has 1 aromatic heterocycles. The Morgan fingerprint density at radius 3 is 2.26 bits per heavy atom. The Bertz CT molecular complexity index is 1250. The second kappa shape index (κ2) is 8.74. The Balaban J connectivity index is 1.65. The zero-order chi connectivity index (χ0) is 23.8. The summed E-state index contributed by atoms with van der Waals surface area (Å²) in [5.74, 6) is 3.46. The molecule has 0 unspecified atom stereocenters. The van der Waals surface area contributed by atoms with Crippen molar-refractivity contribution in [3.05, 3.63) is 53.2 Å². The fraction of sp³-hybridized carbons (Fsp3) is 0.320. The lowest BCUT2D eigenvalue weighted by Crippen LogP contribution is -2.31. The molecule has 0 amide bonds. The van der Waals surface area contributed by atoms with Gasteiger partial charge < -0.3 is 24.3 Å². The van der Waals surface area contributed by atoms with Crippen LogP contribution in [0.1, 0.15) is 30.9 Å². The summed E-state index contributed by atoms with van der Waals surface area (Å²) in [5, 5.41) is 8.18. The normalized spacial score (nSPS) is 16.9. The minimum Gasteiger partial charge on any atom is -0.497 e. The molecule has 0 bridgehead atoms. The molecule has 0 spiro atoms. The Morgan fingerprint density at radius 1 is 0.941 bits per heavy atom. The molecule has 1 atom stereocenters. The van der Waals surface area contributed by atoms with Gasteiger partial charge in [0.25, 0.3) is 0 Å². The molecule has 2 aromatic carbocycles. The van der Waals surface area contributed by atoms with E-state index in [1.165, 1.54) is 0 Å². The van der Waals surface area contributed by atoms with E-state index >= 15 is 0 Å². The number of methoxy groups -OCH3 is 4. The third kappa shape index (κ3) is 3.53. The molecule has 9 nitrogen and oxygen atoms in total. The molecule has 0 saturated heterocycles. The van der Waals surface area contributed by atoms with Crippen LogP contribution in [-0.2, 0) is 4.79 Å². The van der Waals surface area contributed by atoms with E-state index in [4.69, 9.17) is 29.0 Å². The average Bonchev–Trinajstić information content (AvgIpc) is 3.30. The fourth-order valence-electron chi connectivity index (χ4n) is 4.58. The first-order valence-electron chi connectivity index (χ1n) is 11.0. The van der Waals surface area contributed by atoms with Gasteiger partial charge in [0.2, 0.25) is 11.7 Å². The lowest BCUT2D eigenvalue weighted by molar-refractivity contribution is -0.116. The van der Waals surface area contributed by atoms with Gasteiger partial charge in [-0.2, -0.15) is 4.98 Å². The van der Waals surface area contributed by atoms with Crippen LogP contribution in [0, 0.1) is 0 Å². The summed E-state index contributed by atoms with van der Waals surface area (Å²) in [6, 6.07) is 10.9. The summed E-state index contributed by atoms with van der Waals surface area (Å²) in [5.41, 5.74) is 3.29. The molecule has 1 N–H and O–H groups in total. The molecule has 1 aliphatic carbocycles. The van der Waals surface area contributed by atoms with E-state index in [-0.39, 0.29) is 11.8 Å². The zero-order valence-electron chi connectivity index (χ0n) is 19.5. The van der Waals surface area contributed by atoms with E-state index in [0.29, 0.717) is 41.0 Å². The lowest BCUT2D eigenvalue weighted by atomic mass is 9.85. The molecule has 2 heterocycles. The number of rotatable bonds is 6. The molecule has 0 fully saturated rings. The Morgan fingerprint density at radius 2 is 1.65 bits per heavy atom. The van der Waals surface area contributed by atoms with Gasteiger partial charge >= 0.3 is 0 Å². The van der Waals surface area contributed by atoms with Crippen LogP contribution in [0.2, 0.25) is 0 Å². The summed E-state index contributed by atoms with van der Waals surface area (Å²) in [4.78, 5) is 17.8. The maximum Gasteiger partial charge on any atom is 0.226 e. The predicted molar refractivity (Wildman–Crippen MR) is 126 cm³/mol. The number of ketones is 1. The number of hydrogen-bond donors (Lipinski definition) is 1. The molecule has 0 saturated carbocycles. The maximum absolute atomic E-state index is 13.0. The molecule has 1 aliphatic heterocycles. The fourth-order valence-corrected chi connectivity index (χ4v) is 4.58. The number of allylic oxidation sites excluding steroid dienone is 2. The molecule has 3 aromatic rings. The predicted octanol–water partition coefficient (Wildman–Crippen LogP) is 4.00. The molecule has 5 rings (SSSR count). The van der Waals surface area contributed by atoms with E-state index in [9.17, 15) is 4.79 Å². The number of nitrogens with zero attached hydrogens (tertiary/aromatic N) is 3. The smallest absolute Gasteiger partial charge is 0.226 e. The van der Waals surface area contributed by atoms with Crippen LogP contribution in [0.3, 0.4) is 0 Å². The van der Waals surface area contributed by atoms with E-state index in [1.54, 1.807) is 33.1 Å². The van der Waals surface area contributed by atoms with Crippen LogP contribution in [0.4, 0.5) is 5.95 Å². The SMILES string of the molecule is COc1ccc([C@H]2C3=C(CCCC3=O)Nc3nc(-c4cc(OC)c(OC)c(OC)c4)nn32)cc1. The molecular weight excluding hydrogens is 436 g/mol. The Kier molecular flexibility index (Phi) is 5.61.